The fraction of sp³-hybridized carbons (Fsp3) is 0.750. The van der Waals surface area contributed by atoms with Gasteiger partial charge in [0.25, 0.3) is 0 Å². The number of nitrogens with one attached hydrogen (secondary N) is 1. The van der Waals surface area contributed by atoms with Crippen molar-refractivity contribution in [2.24, 2.45) is 0 Å². The van der Waals surface area contributed by atoms with E-state index in [-0.39, 0.29) is 0 Å². The maximum absolute atomic E-state index is 4.32. The Balaban J connectivity index is 1.94. The Bertz CT molecular complexity index is 315. The molecular weight excluding hydrogens is 200 g/mol. The Morgan fingerprint density at radius 1 is 1.44 bits per heavy atom. The zero-order valence-corrected chi connectivity index (χ0v) is 10.3. The van der Waals surface area contributed by atoms with Crippen molar-refractivity contribution in [3.63, 3.8) is 0 Å². The number of hydrogen-bond donors (Lipinski definition) is 1. The third kappa shape index (κ3) is 2.55. The first-order chi connectivity index (χ1) is 7.81. The van der Waals surface area contributed by atoms with Gasteiger partial charge in [-0.1, -0.05) is 0 Å². The summed E-state index contributed by atoms with van der Waals surface area (Å²) in [4.78, 5) is 6.88. The molecule has 0 aliphatic carbocycles. The summed E-state index contributed by atoms with van der Waals surface area (Å²) in [6, 6.07) is 0.606. The molecular formula is C12H22N4. The van der Waals surface area contributed by atoms with E-state index in [1.807, 2.05) is 6.20 Å². The van der Waals surface area contributed by atoms with E-state index in [2.05, 4.69) is 39.8 Å². The van der Waals surface area contributed by atoms with Crippen LogP contribution in [0.2, 0.25) is 0 Å². The molecule has 2 heterocycles. The van der Waals surface area contributed by atoms with Crippen molar-refractivity contribution in [2.75, 3.05) is 25.0 Å². The van der Waals surface area contributed by atoms with E-state index >= 15 is 0 Å². The summed E-state index contributed by atoms with van der Waals surface area (Å²) in [5, 5.41) is 3.29. The molecule has 2 rings (SSSR count). The number of rotatable bonds is 5. The van der Waals surface area contributed by atoms with Gasteiger partial charge in [-0.15, -0.1) is 0 Å². The Labute approximate surface area is 97.7 Å². The van der Waals surface area contributed by atoms with Crippen LogP contribution in [0.5, 0.6) is 0 Å². The minimum absolute atomic E-state index is 0.606. The zero-order chi connectivity index (χ0) is 11.4. The molecule has 1 fully saturated rings. The van der Waals surface area contributed by atoms with Gasteiger partial charge in [0.2, 0.25) is 5.95 Å². The fourth-order valence-corrected chi connectivity index (χ4v) is 2.36. The highest BCUT2D eigenvalue weighted by atomic mass is 15.2. The van der Waals surface area contributed by atoms with Gasteiger partial charge >= 0.3 is 0 Å². The van der Waals surface area contributed by atoms with Gasteiger partial charge in [-0.2, -0.15) is 0 Å². The number of aromatic nitrogens is 2. The van der Waals surface area contributed by atoms with Crippen LogP contribution in [0.1, 0.15) is 26.7 Å². The maximum atomic E-state index is 4.32. The zero-order valence-electron chi connectivity index (χ0n) is 10.3. The van der Waals surface area contributed by atoms with Crippen LogP contribution in [-0.2, 0) is 6.54 Å². The van der Waals surface area contributed by atoms with Gasteiger partial charge in [0.1, 0.15) is 0 Å². The van der Waals surface area contributed by atoms with Crippen LogP contribution in [0.3, 0.4) is 0 Å². The van der Waals surface area contributed by atoms with E-state index in [4.69, 9.17) is 0 Å². The van der Waals surface area contributed by atoms with E-state index in [9.17, 15) is 0 Å². The molecule has 0 radical (unpaired) electrons. The lowest BCUT2D eigenvalue weighted by atomic mass is 10.3. The van der Waals surface area contributed by atoms with Crippen molar-refractivity contribution < 1.29 is 0 Å². The van der Waals surface area contributed by atoms with Crippen molar-refractivity contribution in [1.82, 2.24) is 14.5 Å². The quantitative estimate of drug-likeness (QED) is 0.824. The number of imidazole rings is 1. The summed E-state index contributed by atoms with van der Waals surface area (Å²) in [7, 11) is 0. The molecule has 90 valence electrons. The predicted octanol–water partition coefficient (Wildman–Crippen LogP) is 1.80. The topological polar surface area (TPSA) is 33.1 Å². The molecule has 1 saturated heterocycles. The Morgan fingerprint density at radius 3 is 2.88 bits per heavy atom. The monoisotopic (exact) mass is 222 g/mol. The minimum atomic E-state index is 0.606. The first kappa shape index (κ1) is 11.5. The largest absolute Gasteiger partial charge is 0.356 e. The highest BCUT2D eigenvalue weighted by molar-refractivity contribution is 5.25. The van der Waals surface area contributed by atoms with E-state index < -0.39 is 0 Å². The molecule has 4 heteroatoms. The maximum Gasteiger partial charge on any atom is 0.202 e. The summed E-state index contributed by atoms with van der Waals surface area (Å²) in [5.74, 6) is 0.994. The molecule has 1 aromatic heterocycles. The molecule has 0 bridgehead atoms. The number of hydrogen-bond acceptors (Lipinski definition) is 3. The SMILES string of the molecule is CCNc1nccn1CC(C)N1CCCC1. The van der Waals surface area contributed by atoms with Gasteiger partial charge in [-0.25, -0.2) is 4.98 Å². The fourth-order valence-electron chi connectivity index (χ4n) is 2.36. The first-order valence-corrected chi connectivity index (χ1v) is 6.30. The average Bonchev–Trinajstić information content (AvgIpc) is 2.90. The molecule has 1 aliphatic rings. The molecule has 1 unspecified atom stereocenters. The lowest BCUT2D eigenvalue weighted by molar-refractivity contribution is 0.236. The molecule has 0 spiro atoms. The first-order valence-electron chi connectivity index (χ1n) is 6.30. The Kier molecular flexibility index (Phi) is 3.83. The Hall–Kier alpha value is -1.03. The molecule has 1 aliphatic heterocycles. The van der Waals surface area contributed by atoms with Crippen LogP contribution in [0, 0.1) is 0 Å². The third-order valence-corrected chi connectivity index (χ3v) is 3.28. The molecule has 0 saturated carbocycles. The van der Waals surface area contributed by atoms with Crippen LogP contribution >= 0.6 is 0 Å². The lowest BCUT2D eigenvalue weighted by Crippen LogP contribution is -2.33. The molecule has 1 atom stereocenters. The third-order valence-electron chi connectivity index (χ3n) is 3.28. The highest BCUT2D eigenvalue weighted by Crippen LogP contribution is 2.14. The Morgan fingerprint density at radius 2 is 2.19 bits per heavy atom. The van der Waals surface area contributed by atoms with Gasteiger partial charge in [-0.05, 0) is 39.8 Å². The summed E-state index contributed by atoms with van der Waals surface area (Å²) in [6.45, 7) is 8.88. The van der Waals surface area contributed by atoms with Gasteiger partial charge in [0, 0.05) is 31.5 Å². The molecule has 0 amide bonds. The van der Waals surface area contributed by atoms with E-state index in [1.54, 1.807) is 0 Å². The summed E-state index contributed by atoms with van der Waals surface area (Å²) in [5.41, 5.74) is 0. The van der Waals surface area contributed by atoms with E-state index in [1.165, 1.54) is 25.9 Å². The lowest BCUT2D eigenvalue weighted by Gasteiger charge is -2.24. The number of anilines is 1. The second-order valence-electron chi connectivity index (χ2n) is 4.53. The van der Waals surface area contributed by atoms with Crippen LogP contribution in [0.15, 0.2) is 12.4 Å². The molecule has 4 nitrogen and oxygen atoms in total. The molecule has 16 heavy (non-hydrogen) atoms. The molecule has 0 aromatic carbocycles. The van der Waals surface area contributed by atoms with E-state index in [0.29, 0.717) is 6.04 Å². The summed E-state index contributed by atoms with van der Waals surface area (Å²) >= 11 is 0. The van der Waals surface area contributed by atoms with Gasteiger partial charge < -0.3 is 9.88 Å². The number of likely N-dealkylation sites (tertiary alicyclic amines) is 1. The average molecular weight is 222 g/mol. The molecule has 1 N–H and O–H groups in total. The second kappa shape index (κ2) is 5.34. The normalized spacial score (nSPS) is 18.9. The van der Waals surface area contributed by atoms with Crippen molar-refractivity contribution >= 4 is 5.95 Å². The van der Waals surface area contributed by atoms with Crippen molar-refractivity contribution in [2.45, 2.75) is 39.3 Å². The van der Waals surface area contributed by atoms with Crippen molar-refractivity contribution in [1.29, 1.82) is 0 Å². The minimum Gasteiger partial charge on any atom is -0.356 e. The highest BCUT2D eigenvalue weighted by Gasteiger charge is 2.18. The van der Waals surface area contributed by atoms with E-state index in [0.717, 1.165) is 19.0 Å². The molecule has 1 aromatic rings. The van der Waals surface area contributed by atoms with Crippen molar-refractivity contribution in [3.05, 3.63) is 12.4 Å². The van der Waals surface area contributed by atoms with Gasteiger partial charge in [-0.3, -0.25) is 4.90 Å². The summed E-state index contributed by atoms with van der Waals surface area (Å²) in [6.07, 6.45) is 6.64. The van der Waals surface area contributed by atoms with Gasteiger partial charge in [0.05, 0.1) is 0 Å². The van der Waals surface area contributed by atoms with Crippen LogP contribution in [0.4, 0.5) is 5.95 Å². The summed E-state index contributed by atoms with van der Waals surface area (Å²) < 4.78 is 2.21. The smallest absolute Gasteiger partial charge is 0.202 e. The number of nitrogens with zero attached hydrogens (tertiary/aromatic N) is 3. The predicted molar refractivity (Wildman–Crippen MR) is 66.7 cm³/mol. The van der Waals surface area contributed by atoms with Crippen LogP contribution < -0.4 is 5.32 Å². The van der Waals surface area contributed by atoms with Crippen LogP contribution in [0.25, 0.3) is 0 Å². The van der Waals surface area contributed by atoms with Gasteiger partial charge in [0.15, 0.2) is 0 Å². The van der Waals surface area contributed by atoms with Crippen LogP contribution in [-0.4, -0.2) is 40.1 Å². The standard InChI is InChI=1S/C12H22N4/c1-3-13-12-14-6-9-16(12)10-11(2)15-7-4-5-8-15/h6,9,11H,3-5,7-8,10H2,1-2H3,(H,13,14). The van der Waals surface area contributed by atoms with Crippen molar-refractivity contribution in [3.8, 4) is 0 Å². The second-order valence-corrected chi connectivity index (χ2v) is 4.53.